The lowest BCUT2D eigenvalue weighted by Gasteiger charge is -2.31. The van der Waals surface area contributed by atoms with E-state index < -0.39 is 0 Å². The number of halogens is 1. The molecule has 0 saturated carbocycles. The molecule has 1 N–H and O–H groups in total. The van der Waals surface area contributed by atoms with Crippen molar-refractivity contribution in [1.82, 2.24) is 15.1 Å². The van der Waals surface area contributed by atoms with Gasteiger partial charge in [-0.15, -0.1) is 24.0 Å². The molecule has 2 saturated heterocycles. The topological polar surface area (TPSA) is 40.1 Å². The molecule has 2 fully saturated rings. The molecule has 5 nitrogen and oxygen atoms in total. The van der Waals surface area contributed by atoms with E-state index in [9.17, 15) is 0 Å². The molecular formula is C21H35IN4O. The fourth-order valence-electron chi connectivity index (χ4n) is 3.94. The molecule has 2 aliphatic heterocycles. The number of nitrogens with zero attached hydrogens (tertiary/aromatic N) is 3. The number of likely N-dealkylation sites (tertiary alicyclic amines) is 1. The molecular weight excluding hydrogens is 451 g/mol. The second kappa shape index (κ2) is 10.1. The van der Waals surface area contributed by atoms with E-state index in [-0.39, 0.29) is 24.0 Å². The summed E-state index contributed by atoms with van der Waals surface area (Å²) in [6.45, 7) is 13.6. The second-order valence-electron chi connectivity index (χ2n) is 8.47. The Morgan fingerprint density at radius 1 is 1.30 bits per heavy atom. The fourth-order valence-corrected chi connectivity index (χ4v) is 3.94. The molecule has 27 heavy (non-hydrogen) atoms. The van der Waals surface area contributed by atoms with Crippen LogP contribution in [0.15, 0.2) is 29.3 Å². The molecule has 0 aromatic heterocycles. The van der Waals surface area contributed by atoms with Crippen molar-refractivity contribution in [2.75, 3.05) is 39.8 Å². The summed E-state index contributed by atoms with van der Waals surface area (Å²) in [5, 5.41) is 3.55. The molecule has 0 aliphatic carbocycles. The van der Waals surface area contributed by atoms with Crippen molar-refractivity contribution in [3.8, 4) is 0 Å². The largest absolute Gasteiger partial charge is 0.376 e. The molecule has 1 atom stereocenters. The molecule has 2 heterocycles. The molecule has 1 aromatic rings. The van der Waals surface area contributed by atoms with Gasteiger partial charge in [0, 0.05) is 46.3 Å². The van der Waals surface area contributed by atoms with Crippen LogP contribution in [0, 0.1) is 5.41 Å². The van der Waals surface area contributed by atoms with Crippen molar-refractivity contribution < 1.29 is 4.74 Å². The normalized spacial score (nSPS) is 23.2. The van der Waals surface area contributed by atoms with E-state index in [4.69, 9.17) is 4.74 Å². The lowest BCUT2D eigenvalue weighted by atomic mass is 9.93. The number of hydrogen-bond donors (Lipinski definition) is 1. The Morgan fingerprint density at radius 2 is 2.07 bits per heavy atom. The van der Waals surface area contributed by atoms with Gasteiger partial charge in [0.2, 0.25) is 0 Å². The van der Waals surface area contributed by atoms with Crippen LogP contribution in [0.3, 0.4) is 0 Å². The first-order valence-corrected chi connectivity index (χ1v) is 9.82. The maximum atomic E-state index is 5.64. The van der Waals surface area contributed by atoms with Gasteiger partial charge in [0.05, 0.1) is 12.7 Å². The monoisotopic (exact) mass is 486 g/mol. The Bertz CT molecular complexity index is 634. The molecule has 1 unspecified atom stereocenters. The number of morpholine rings is 1. The zero-order valence-electron chi connectivity index (χ0n) is 17.2. The van der Waals surface area contributed by atoms with Crippen LogP contribution in [-0.2, 0) is 17.8 Å². The first kappa shape index (κ1) is 22.4. The minimum absolute atomic E-state index is 0. The summed E-state index contributed by atoms with van der Waals surface area (Å²) in [7, 11) is 1.88. The number of rotatable bonds is 4. The number of hydrogen-bond acceptors (Lipinski definition) is 3. The quantitative estimate of drug-likeness (QED) is 0.403. The van der Waals surface area contributed by atoms with Gasteiger partial charge in [0.25, 0.3) is 0 Å². The predicted octanol–water partition coefficient (Wildman–Crippen LogP) is 3.33. The van der Waals surface area contributed by atoms with Crippen molar-refractivity contribution in [2.45, 2.75) is 46.4 Å². The van der Waals surface area contributed by atoms with E-state index in [0.29, 0.717) is 11.5 Å². The lowest BCUT2D eigenvalue weighted by molar-refractivity contribution is -0.0212. The molecule has 6 heteroatoms. The van der Waals surface area contributed by atoms with Crippen LogP contribution < -0.4 is 5.32 Å². The highest BCUT2D eigenvalue weighted by Gasteiger charge is 2.30. The van der Waals surface area contributed by atoms with Crippen LogP contribution in [0.5, 0.6) is 0 Å². The third kappa shape index (κ3) is 6.61. The Labute approximate surface area is 181 Å². The highest BCUT2D eigenvalue weighted by atomic mass is 127. The van der Waals surface area contributed by atoms with Crippen LogP contribution in [0.4, 0.5) is 0 Å². The van der Waals surface area contributed by atoms with Gasteiger partial charge < -0.3 is 15.0 Å². The minimum atomic E-state index is 0. The zero-order chi connectivity index (χ0) is 18.6. The number of ether oxygens (including phenoxy) is 1. The van der Waals surface area contributed by atoms with Crippen LogP contribution in [0.2, 0.25) is 0 Å². The molecule has 1 aromatic carbocycles. The van der Waals surface area contributed by atoms with Crippen LogP contribution in [0.25, 0.3) is 0 Å². The van der Waals surface area contributed by atoms with Crippen LogP contribution in [0.1, 0.15) is 38.3 Å². The van der Waals surface area contributed by atoms with Gasteiger partial charge in [-0.3, -0.25) is 9.89 Å². The Balaban J connectivity index is 0.00000261. The molecule has 3 rings (SSSR count). The van der Waals surface area contributed by atoms with Gasteiger partial charge in [-0.2, -0.15) is 0 Å². The molecule has 152 valence electrons. The first-order chi connectivity index (χ1) is 12.4. The summed E-state index contributed by atoms with van der Waals surface area (Å²) in [6, 6.07) is 8.90. The summed E-state index contributed by atoms with van der Waals surface area (Å²) in [5.41, 5.74) is 3.06. The fraction of sp³-hybridized carbons (Fsp3) is 0.667. The number of nitrogens with one attached hydrogen (secondary N) is 1. The molecule has 0 spiro atoms. The highest BCUT2D eigenvalue weighted by molar-refractivity contribution is 14.0. The van der Waals surface area contributed by atoms with Gasteiger partial charge in [-0.05, 0) is 29.9 Å². The van der Waals surface area contributed by atoms with E-state index in [2.05, 4.69) is 65.1 Å². The minimum Gasteiger partial charge on any atom is -0.376 e. The van der Waals surface area contributed by atoms with Crippen molar-refractivity contribution in [3.63, 3.8) is 0 Å². The summed E-state index contributed by atoms with van der Waals surface area (Å²) in [4.78, 5) is 9.34. The third-order valence-electron chi connectivity index (χ3n) is 5.36. The SMILES string of the molecule is CN=C(NCc1cccc(CN2CCOC(C)C2)c1)N1CCC(C)(C)C1.I. The van der Waals surface area contributed by atoms with Crippen LogP contribution >= 0.6 is 24.0 Å². The van der Waals surface area contributed by atoms with Crippen LogP contribution in [-0.4, -0.2) is 61.7 Å². The maximum absolute atomic E-state index is 5.64. The van der Waals surface area contributed by atoms with Gasteiger partial charge in [0.1, 0.15) is 0 Å². The standard InChI is InChI=1S/C21H34N4O.HI/c1-17-14-24(10-11-26-17)15-19-7-5-6-18(12-19)13-23-20(22-4)25-9-8-21(2,3)16-25;/h5-7,12,17H,8-11,13-16H2,1-4H3,(H,22,23);1H. The van der Waals surface area contributed by atoms with E-state index in [0.717, 1.165) is 51.8 Å². The summed E-state index contributed by atoms with van der Waals surface area (Å²) in [6.07, 6.45) is 1.56. The van der Waals surface area contributed by atoms with E-state index in [1.165, 1.54) is 17.5 Å². The smallest absolute Gasteiger partial charge is 0.193 e. The van der Waals surface area contributed by atoms with Crippen molar-refractivity contribution in [3.05, 3.63) is 35.4 Å². The third-order valence-corrected chi connectivity index (χ3v) is 5.36. The van der Waals surface area contributed by atoms with E-state index >= 15 is 0 Å². The van der Waals surface area contributed by atoms with Gasteiger partial charge in [0.15, 0.2) is 5.96 Å². The molecule has 0 bridgehead atoms. The van der Waals surface area contributed by atoms with Gasteiger partial charge in [-0.25, -0.2) is 0 Å². The Hall–Kier alpha value is -0.860. The average molecular weight is 486 g/mol. The predicted molar refractivity (Wildman–Crippen MR) is 123 cm³/mol. The van der Waals surface area contributed by atoms with Crippen molar-refractivity contribution in [2.24, 2.45) is 10.4 Å². The first-order valence-electron chi connectivity index (χ1n) is 9.82. The van der Waals surface area contributed by atoms with Gasteiger partial charge >= 0.3 is 0 Å². The lowest BCUT2D eigenvalue weighted by Crippen LogP contribution is -2.40. The average Bonchev–Trinajstić information content (AvgIpc) is 2.96. The van der Waals surface area contributed by atoms with Gasteiger partial charge in [-0.1, -0.05) is 38.1 Å². The zero-order valence-corrected chi connectivity index (χ0v) is 19.5. The summed E-state index contributed by atoms with van der Waals surface area (Å²) < 4.78 is 5.64. The summed E-state index contributed by atoms with van der Waals surface area (Å²) >= 11 is 0. The molecule has 0 amide bonds. The Kier molecular flexibility index (Phi) is 8.37. The number of aliphatic imine (C=N–C) groups is 1. The molecule has 2 aliphatic rings. The second-order valence-corrected chi connectivity index (χ2v) is 8.47. The van der Waals surface area contributed by atoms with Crippen molar-refractivity contribution in [1.29, 1.82) is 0 Å². The highest BCUT2D eigenvalue weighted by Crippen LogP contribution is 2.28. The van der Waals surface area contributed by atoms with E-state index in [1.807, 2.05) is 7.05 Å². The van der Waals surface area contributed by atoms with Crippen molar-refractivity contribution >= 4 is 29.9 Å². The maximum Gasteiger partial charge on any atom is 0.193 e. The number of guanidine groups is 1. The summed E-state index contributed by atoms with van der Waals surface area (Å²) in [5.74, 6) is 1.02. The number of benzene rings is 1. The van der Waals surface area contributed by atoms with E-state index in [1.54, 1.807) is 0 Å². The Morgan fingerprint density at radius 3 is 2.74 bits per heavy atom. The molecule has 0 radical (unpaired) electrons.